The van der Waals surface area contributed by atoms with Crippen molar-refractivity contribution in [3.05, 3.63) is 30.3 Å². The Hall–Kier alpha value is -2.29. The van der Waals surface area contributed by atoms with E-state index in [1.807, 2.05) is 0 Å². The zero-order valence-electron chi connectivity index (χ0n) is 16.4. The summed E-state index contributed by atoms with van der Waals surface area (Å²) in [6, 6.07) is 8.40. The number of carbonyl (C=O) groups excluding carboxylic acids is 1. The first-order valence-corrected chi connectivity index (χ1v) is 10.5. The molecule has 0 aliphatic heterocycles. The third kappa shape index (κ3) is 9.83. The minimum atomic E-state index is -3.27. The zero-order valence-corrected chi connectivity index (χ0v) is 17.2. The van der Waals surface area contributed by atoms with E-state index in [1.165, 1.54) is 0 Å². The van der Waals surface area contributed by atoms with E-state index in [0.717, 1.165) is 0 Å². The number of alkyl carbamates (subject to hydrolysis) is 1. The molecular formula is C18H30N4O4S. The normalized spacial score (nSPS) is 12.4. The standard InChI is InChI=1S/C18H30N4O4S/c1-18(2,3)26-17(23)22-13-12-21-16(19-4)20-11-8-14-27(24,25)15-9-6-5-7-10-15/h5-7,9-10H,8,11-14H2,1-4H3,(H,22,23)(H2,19,20,21). The smallest absolute Gasteiger partial charge is 0.407 e. The van der Waals surface area contributed by atoms with Crippen LogP contribution in [-0.4, -0.2) is 58.5 Å². The number of benzene rings is 1. The summed E-state index contributed by atoms with van der Waals surface area (Å²) in [5.74, 6) is 0.597. The number of sulfone groups is 1. The van der Waals surface area contributed by atoms with Crippen LogP contribution in [0.2, 0.25) is 0 Å². The van der Waals surface area contributed by atoms with Crippen LogP contribution >= 0.6 is 0 Å². The van der Waals surface area contributed by atoms with Crippen molar-refractivity contribution in [2.24, 2.45) is 4.99 Å². The number of ether oxygens (including phenoxy) is 1. The van der Waals surface area contributed by atoms with E-state index in [0.29, 0.717) is 36.9 Å². The fourth-order valence-electron chi connectivity index (χ4n) is 2.09. The summed E-state index contributed by atoms with van der Waals surface area (Å²) in [5, 5.41) is 8.72. The van der Waals surface area contributed by atoms with Crippen molar-refractivity contribution in [3.8, 4) is 0 Å². The maximum absolute atomic E-state index is 12.2. The molecule has 0 heterocycles. The fraction of sp³-hybridized carbons (Fsp3) is 0.556. The van der Waals surface area contributed by atoms with Gasteiger partial charge in [0.2, 0.25) is 0 Å². The first-order valence-electron chi connectivity index (χ1n) is 8.83. The molecular weight excluding hydrogens is 368 g/mol. The van der Waals surface area contributed by atoms with Gasteiger partial charge in [-0.25, -0.2) is 13.2 Å². The second-order valence-corrected chi connectivity index (χ2v) is 8.95. The van der Waals surface area contributed by atoms with Crippen molar-refractivity contribution in [3.63, 3.8) is 0 Å². The maximum Gasteiger partial charge on any atom is 0.407 e. The third-order valence-electron chi connectivity index (χ3n) is 3.29. The van der Waals surface area contributed by atoms with Gasteiger partial charge in [-0.05, 0) is 39.3 Å². The van der Waals surface area contributed by atoms with Crippen LogP contribution in [-0.2, 0) is 14.6 Å². The van der Waals surface area contributed by atoms with E-state index in [1.54, 1.807) is 58.2 Å². The van der Waals surface area contributed by atoms with Crippen molar-refractivity contribution in [1.29, 1.82) is 0 Å². The van der Waals surface area contributed by atoms with Gasteiger partial charge in [-0.15, -0.1) is 0 Å². The van der Waals surface area contributed by atoms with Gasteiger partial charge >= 0.3 is 6.09 Å². The molecule has 1 amide bonds. The molecule has 0 spiro atoms. The monoisotopic (exact) mass is 398 g/mol. The van der Waals surface area contributed by atoms with Crippen LogP contribution in [0.3, 0.4) is 0 Å². The molecule has 0 bridgehead atoms. The molecule has 1 aromatic carbocycles. The van der Waals surface area contributed by atoms with Crippen LogP contribution in [0, 0.1) is 0 Å². The van der Waals surface area contributed by atoms with E-state index in [2.05, 4.69) is 20.9 Å². The van der Waals surface area contributed by atoms with Crippen molar-refractivity contribution in [1.82, 2.24) is 16.0 Å². The first-order chi connectivity index (χ1) is 12.6. The highest BCUT2D eigenvalue weighted by molar-refractivity contribution is 7.91. The molecule has 0 saturated carbocycles. The Morgan fingerprint density at radius 3 is 2.22 bits per heavy atom. The van der Waals surface area contributed by atoms with Gasteiger partial charge in [-0.1, -0.05) is 18.2 Å². The average Bonchev–Trinajstić information content (AvgIpc) is 2.59. The Balaban J connectivity index is 2.24. The molecule has 27 heavy (non-hydrogen) atoms. The SMILES string of the molecule is CN=C(NCCCS(=O)(=O)c1ccccc1)NCCNC(=O)OC(C)(C)C. The Morgan fingerprint density at radius 2 is 1.63 bits per heavy atom. The molecule has 0 unspecified atom stereocenters. The Kier molecular flexibility index (Phi) is 9.07. The van der Waals surface area contributed by atoms with E-state index in [9.17, 15) is 13.2 Å². The lowest BCUT2D eigenvalue weighted by molar-refractivity contribution is 0.0529. The van der Waals surface area contributed by atoms with Gasteiger partial charge in [0.05, 0.1) is 10.6 Å². The molecule has 0 radical (unpaired) electrons. The van der Waals surface area contributed by atoms with Crippen molar-refractivity contribution >= 4 is 21.9 Å². The molecule has 9 heteroatoms. The molecule has 0 fully saturated rings. The van der Waals surface area contributed by atoms with E-state index in [-0.39, 0.29) is 5.75 Å². The summed E-state index contributed by atoms with van der Waals surface area (Å²) >= 11 is 0. The third-order valence-corrected chi connectivity index (χ3v) is 5.11. The van der Waals surface area contributed by atoms with Crippen molar-refractivity contribution < 1.29 is 17.9 Å². The summed E-state index contributed by atoms with van der Waals surface area (Å²) < 4.78 is 29.5. The van der Waals surface area contributed by atoms with Crippen molar-refractivity contribution in [2.45, 2.75) is 37.7 Å². The number of rotatable bonds is 8. The lowest BCUT2D eigenvalue weighted by Crippen LogP contribution is -2.42. The Labute approximate surface area is 161 Å². The van der Waals surface area contributed by atoms with Crippen LogP contribution in [0.4, 0.5) is 4.79 Å². The van der Waals surface area contributed by atoms with Crippen LogP contribution in [0.15, 0.2) is 40.2 Å². The summed E-state index contributed by atoms with van der Waals surface area (Å²) in [4.78, 5) is 15.9. The average molecular weight is 399 g/mol. The molecule has 8 nitrogen and oxygen atoms in total. The second kappa shape index (κ2) is 10.8. The van der Waals surface area contributed by atoms with Gasteiger partial charge in [0, 0.05) is 26.7 Å². The van der Waals surface area contributed by atoms with E-state index >= 15 is 0 Å². The topological polar surface area (TPSA) is 109 Å². The van der Waals surface area contributed by atoms with Crippen LogP contribution in [0.1, 0.15) is 27.2 Å². The molecule has 0 aliphatic carbocycles. The van der Waals surface area contributed by atoms with E-state index < -0.39 is 21.5 Å². The second-order valence-electron chi connectivity index (χ2n) is 6.84. The Morgan fingerprint density at radius 1 is 1.04 bits per heavy atom. The molecule has 0 saturated heterocycles. The highest BCUT2D eigenvalue weighted by atomic mass is 32.2. The summed E-state index contributed by atoms with van der Waals surface area (Å²) in [6.07, 6.45) is -0.0213. The van der Waals surface area contributed by atoms with Gasteiger partial charge in [-0.3, -0.25) is 4.99 Å². The van der Waals surface area contributed by atoms with Crippen LogP contribution in [0.5, 0.6) is 0 Å². The minimum Gasteiger partial charge on any atom is -0.444 e. The van der Waals surface area contributed by atoms with Gasteiger partial charge in [0.15, 0.2) is 15.8 Å². The number of amides is 1. The number of hydrogen-bond acceptors (Lipinski definition) is 5. The number of aliphatic imine (C=N–C) groups is 1. The predicted octanol–water partition coefficient (Wildman–Crippen LogP) is 1.54. The number of nitrogens with one attached hydrogen (secondary N) is 3. The number of nitrogens with zero attached hydrogens (tertiary/aromatic N) is 1. The Bertz CT molecular complexity index is 713. The number of hydrogen-bond donors (Lipinski definition) is 3. The number of carbonyl (C=O) groups is 1. The molecule has 3 N–H and O–H groups in total. The summed E-state index contributed by atoms with van der Waals surface area (Å²) in [7, 11) is -1.65. The summed E-state index contributed by atoms with van der Waals surface area (Å²) in [5.41, 5.74) is -0.533. The molecule has 0 atom stereocenters. The first kappa shape index (κ1) is 22.8. The van der Waals surface area contributed by atoms with Gasteiger partial charge < -0.3 is 20.7 Å². The highest BCUT2D eigenvalue weighted by Gasteiger charge is 2.15. The largest absolute Gasteiger partial charge is 0.444 e. The molecule has 0 aliphatic rings. The molecule has 1 rings (SSSR count). The molecule has 152 valence electrons. The predicted molar refractivity (Wildman–Crippen MR) is 107 cm³/mol. The van der Waals surface area contributed by atoms with Crippen LogP contribution < -0.4 is 16.0 Å². The zero-order chi connectivity index (χ0) is 20.3. The van der Waals surface area contributed by atoms with Gasteiger partial charge in [0.25, 0.3) is 0 Å². The quantitative estimate of drug-likeness (QED) is 0.348. The highest BCUT2D eigenvalue weighted by Crippen LogP contribution is 2.10. The molecule has 0 aromatic heterocycles. The maximum atomic E-state index is 12.2. The van der Waals surface area contributed by atoms with Crippen LogP contribution in [0.25, 0.3) is 0 Å². The minimum absolute atomic E-state index is 0.0568. The lowest BCUT2D eigenvalue weighted by Gasteiger charge is -2.19. The van der Waals surface area contributed by atoms with E-state index in [4.69, 9.17) is 4.74 Å². The van der Waals surface area contributed by atoms with Crippen molar-refractivity contribution in [2.75, 3.05) is 32.4 Å². The summed E-state index contributed by atoms with van der Waals surface area (Å²) in [6.45, 7) is 6.70. The number of guanidine groups is 1. The van der Waals surface area contributed by atoms with Gasteiger partial charge in [0.1, 0.15) is 5.60 Å². The molecule has 1 aromatic rings. The lowest BCUT2D eigenvalue weighted by atomic mass is 10.2. The van der Waals surface area contributed by atoms with Gasteiger partial charge in [-0.2, -0.15) is 0 Å². The fourth-order valence-corrected chi connectivity index (χ4v) is 3.43.